The van der Waals surface area contributed by atoms with E-state index in [0.717, 1.165) is 17.1 Å². The van der Waals surface area contributed by atoms with Gasteiger partial charge in [0.1, 0.15) is 0 Å². The summed E-state index contributed by atoms with van der Waals surface area (Å²) in [6, 6.07) is 79.0. The number of fused-ring (bicyclic) bond motifs is 11. The first-order valence-corrected chi connectivity index (χ1v) is 21.0. The summed E-state index contributed by atoms with van der Waals surface area (Å²) < 4.78 is 0. The fourth-order valence-electron chi connectivity index (χ4n) is 10.3. The van der Waals surface area contributed by atoms with Crippen LogP contribution in [0.2, 0.25) is 0 Å². The summed E-state index contributed by atoms with van der Waals surface area (Å²) in [4.78, 5) is 2.52. The molecule has 1 nitrogen and oxygen atoms in total. The van der Waals surface area contributed by atoms with E-state index in [-0.39, 0.29) is 5.41 Å². The van der Waals surface area contributed by atoms with Crippen molar-refractivity contribution in [2.24, 2.45) is 0 Å². The summed E-state index contributed by atoms with van der Waals surface area (Å²) in [6.45, 7) is 4.75. The fourth-order valence-corrected chi connectivity index (χ4v) is 10.3. The van der Waals surface area contributed by atoms with Crippen LogP contribution in [-0.4, -0.2) is 0 Å². The molecule has 0 aliphatic heterocycles. The summed E-state index contributed by atoms with van der Waals surface area (Å²) in [5.74, 6) is 0. The van der Waals surface area contributed by atoms with Gasteiger partial charge < -0.3 is 4.90 Å². The van der Waals surface area contributed by atoms with Crippen molar-refractivity contribution in [3.63, 3.8) is 0 Å². The second-order valence-electron chi connectivity index (χ2n) is 16.8. The molecule has 0 bridgehead atoms. The smallest absolute Gasteiger partial charge is 0.0546 e. The summed E-state index contributed by atoms with van der Waals surface area (Å²) >= 11 is 0. The fraction of sp³-hybridized carbons (Fsp3) is 0.0508. The average molecular weight is 764 g/mol. The first-order chi connectivity index (χ1) is 29.5. The Balaban J connectivity index is 1.18. The zero-order valence-corrected chi connectivity index (χ0v) is 33.7. The predicted octanol–water partition coefficient (Wildman–Crippen LogP) is 16.6. The lowest BCUT2D eigenvalue weighted by atomic mass is 9.82. The van der Waals surface area contributed by atoms with Gasteiger partial charge in [-0.15, -0.1) is 0 Å². The highest BCUT2D eigenvalue weighted by Crippen LogP contribution is 2.52. The SMILES string of the molecule is CC1(C)c2ccccc2-c2ccc(N(c3ccc(-c4cccc5ccccc45)cc3)c3cc4c5ccccc5c5ccccc5c4cc3-c3cccc4ccccc34)cc21. The van der Waals surface area contributed by atoms with Crippen molar-refractivity contribution in [1.82, 2.24) is 0 Å². The third-order valence-electron chi connectivity index (χ3n) is 13.2. The quantitative estimate of drug-likeness (QED) is 0.158. The maximum atomic E-state index is 2.52. The molecule has 60 heavy (non-hydrogen) atoms. The number of anilines is 3. The monoisotopic (exact) mass is 763 g/mol. The van der Waals surface area contributed by atoms with Gasteiger partial charge in [-0.25, -0.2) is 0 Å². The molecule has 0 unspecified atom stereocenters. The Kier molecular flexibility index (Phi) is 7.65. The third-order valence-corrected chi connectivity index (χ3v) is 13.2. The number of nitrogens with zero attached hydrogens (tertiary/aromatic N) is 1. The van der Waals surface area contributed by atoms with Crippen LogP contribution in [0.3, 0.4) is 0 Å². The largest absolute Gasteiger partial charge is 0.310 e. The maximum Gasteiger partial charge on any atom is 0.0546 e. The summed E-state index contributed by atoms with van der Waals surface area (Å²) in [6.07, 6.45) is 0. The summed E-state index contributed by atoms with van der Waals surface area (Å²) in [7, 11) is 0. The number of hydrogen-bond donors (Lipinski definition) is 0. The van der Waals surface area contributed by atoms with Gasteiger partial charge in [0, 0.05) is 22.4 Å². The zero-order chi connectivity index (χ0) is 40.0. The molecule has 0 N–H and O–H groups in total. The topological polar surface area (TPSA) is 3.24 Å². The van der Waals surface area contributed by atoms with Crippen molar-refractivity contribution in [1.29, 1.82) is 0 Å². The molecule has 1 heteroatoms. The molecule has 0 fully saturated rings. The van der Waals surface area contributed by atoms with Crippen molar-refractivity contribution in [3.8, 4) is 33.4 Å². The number of benzene rings is 11. The van der Waals surface area contributed by atoms with E-state index >= 15 is 0 Å². The molecule has 0 amide bonds. The molecular formula is C59H41N. The van der Waals surface area contributed by atoms with Gasteiger partial charge in [0.25, 0.3) is 0 Å². The Hall–Kier alpha value is -7.48. The van der Waals surface area contributed by atoms with Crippen LogP contribution in [0.4, 0.5) is 17.1 Å². The maximum absolute atomic E-state index is 2.52. The van der Waals surface area contributed by atoms with E-state index in [2.05, 4.69) is 231 Å². The van der Waals surface area contributed by atoms with Crippen LogP contribution in [-0.2, 0) is 5.41 Å². The van der Waals surface area contributed by atoms with E-state index in [1.165, 1.54) is 98.4 Å². The molecule has 0 spiro atoms. The molecule has 282 valence electrons. The van der Waals surface area contributed by atoms with Crippen molar-refractivity contribution < 1.29 is 0 Å². The summed E-state index contributed by atoms with van der Waals surface area (Å²) in [5, 5.41) is 12.6. The van der Waals surface area contributed by atoms with Crippen LogP contribution >= 0.6 is 0 Å². The first-order valence-electron chi connectivity index (χ1n) is 21.0. The van der Waals surface area contributed by atoms with Gasteiger partial charge in [-0.3, -0.25) is 0 Å². The van der Waals surface area contributed by atoms with Crippen LogP contribution in [0.15, 0.2) is 212 Å². The highest BCUT2D eigenvalue weighted by atomic mass is 15.1. The Morgan fingerprint density at radius 1 is 0.300 bits per heavy atom. The molecule has 0 saturated heterocycles. The van der Waals surface area contributed by atoms with Gasteiger partial charge in [-0.2, -0.15) is 0 Å². The molecule has 11 aromatic rings. The van der Waals surface area contributed by atoms with Crippen LogP contribution in [0.25, 0.3) is 87.2 Å². The van der Waals surface area contributed by atoms with Crippen molar-refractivity contribution in [2.75, 3.05) is 4.90 Å². The zero-order valence-electron chi connectivity index (χ0n) is 33.7. The van der Waals surface area contributed by atoms with Gasteiger partial charge in [0.15, 0.2) is 0 Å². The lowest BCUT2D eigenvalue weighted by molar-refractivity contribution is 0.660. The van der Waals surface area contributed by atoms with Crippen molar-refractivity contribution in [2.45, 2.75) is 19.3 Å². The molecule has 1 aliphatic carbocycles. The lowest BCUT2D eigenvalue weighted by Gasteiger charge is -2.31. The van der Waals surface area contributed by atoms with E-state index < -0.39 is 0 Å². The second kappa shape index (κ2) is 13.3. The van der Waals surface area contributed by atoms with Crippen LogP contribution in [0, 0.1) is 0 Å². The normalized spacial score (nSPS) is 13.0. The van der Waals surface area contributed by atoms with Gasteiger partial charge in [-0.1, -0.05) is 190 Å². The van der Waals surface area contributed by atoms with Gasteiger partial charge in [-0.05, 0) is 129 Å². The standard InChI is InChI=1S/C59H41N/c1-59(2)56-28-12-11-25-51(56)52-34-33-42(35-57(52)59)60(41-31-29-40(30-32-41)44-26-13-17-38-15-3-5-19-43(38)44)58-37-54-50-24-10-8-22-48(50)47-21-7-9-23-49(47)53(54)36-55(58)46-27-14-18-39-16-4-6-20-45(39)46/h3-37H,1-2H3. The molecule has 1 aliphatic rings. The van der Waals surface area contributed by atoms with Crippen LogP contribution in [0.5, 0.6) is 0 Å². The lowest BCUT2D eigenvalue weighted by Crippen LogP contribution is -2.17. The number of rotatable bonds is 5. The van der Waals surface area contributed by atoms with Crippen molar-refractivity contribution >= 4 is 70.9 Å². The molecule has 0 radical (unpaired) electrons. The predicted molar refractivity (Wildman–Crippen MR) is 257 cm³/mol. The third kappa shape index (κ3) is 5.19. The summed E-state index contributed by atoms with van der Waals surface area (Å²) in [5.41, 5.74) is 13.5. The van der Waals surface area contributed by atoms with E-state index in [9.17, 15) is 0 Å². The Labute approximate surface area is 350 Å². The molecular weight excluding hydrogens is 723 g/mol. The number of hydrogen-bond acceptors (Lipinski definition) is 1. The molecule has 0 saturated carbocycles. The van der Waals surface area contributed by atoms with Crippen LogP contribution in [0.1, 0.15) is 25.0 Å². The minimum Gasteiger partial charge on any atom is -0.310 e. The Bertz CT molecular complexity index is 3510. The minimum atomic E-state index is -0.150. The van der Waals surface area contributed by atoms with Crippen LogP contribution < -0.4 is 4.90 Å². The molecule has 0 heterocycles. The van der Waals surface area contributed by atoms with E-state index in [4.69, 9.17) is 0 Å². The average Bonchev–Trinajstić information content (AvgIpc) is 3.54. The van der Waals surface area contributed by atoms with E-state index in [1.54, 1.807) is 0 Å². The van der Waals surface area contributed by atoms with E-state index in [1.807, 2.05) is 0 Å². The highest BCUT2D eigenvalue weighted by molar-refractivity contribution is 6.27. The molecule has 12 rings (SSSR count). The van der Waals surface area contributed by atoms with E-state index in [0.29, 0.717) is 0 Å². The first kappa shape index (κ1) is 34.6. The van der Waals surface area contributed by atoms with Gasteiger partial charge in [0.2, 0.25) is 0 Å². The van der Waals surface area contributed by atoms with Gasteiger partial charge in [0.05, 0.1) is 5.69 Å². The molecule has 0 aromatic heterocycles. The van der Waals surface area contributed by atoms with Crippen molar-refractivity contribution in [3.05, 3.63) is 223 Å². The Morgan fingerprint density at radius 3 is 1.43 bits per heavy atom. The molecule has 0 atom stereocenters. The molecule has 11 aromatic carbocycles. The second-order valence-corrected chi connectivity index (χ2v) is 16.8. The minimum absolute atomic E-state index is 0.150. The Morgan fingerprint density at radius 2 is 0.767 bits per heavy atom. The highest BCUT2D eigenvalue weighted by Gasteiger charge is 2.36. The van der Waals surface area contributed by atoms with Gasteiger partial charge >= 0.3 is 0 Å².